The quantitative estimate of drug-likeness (QED) is 0.199. The molecule has 0 bridgehead atoms. The summed E-state index contributed by atoms with van der Waals surface area (Å²) in [4.78, 5) is 0. The van der Waals surface area contributed by atoms with Gasteiger partial charge in [-0.1, -0.05) is 110 Å². The first-order chi connectivity index (χ1) is 15.0. The van der Waals surface area contributed by atoms with Crippen LogP contribution in [-0.2, 0) is 19.5 Å². The summed E-state index contributed by atoms with van der Waals surface area (Å²) in [6.07, 6.45) is 18.2. The number of thiol groups is 1. The molecule has 3 atom stereocenters. The second kappa shape index (κ2) is 25.3. The van der Waals surface area contributed by atoms with Crippen molar-refractivity contribution < 1.29 is 19.5 Å². The van der Waals surface area contributed by atoms with E-state index in [1.165, 1.54) is 63.2 Å². The van der Waals surface area contributed by atoms with Gasteiger partial charge in [0.15, 0.2) is 0 Å². The van der Waals surface area contributed by atoms with Gasteiger partial charge in [0, 0.05) is 0 Å². The number of piperidine rings is 3. The topological polar surface area (TPSA) is 80.2 Å². The third kappa shape index (κ3) is 24.3. The normalized spacial score (nSPS) is 25.9. The fourth-order valence-electron chi connectivity index (χ4n) is 3.38. The van der Waals surface area contributed by atoms with Crippen LogP contribution >= 0.6 is 12.6 Å². The average molecular weight is 513 g/mol. The molecule has 32 heavy (non-hydrogen) atoms. The number of rotatable bonds is 0. The number of thiocyanates is 1. The number of allylic oxidation sites excluding steroid dienone is 3. The number of hydrogen-bond donors (Lipinski definition) is 1. The Balaban J connectivity index is 0. The van der Waals surface area contributed by atoms with Gasteiger partial charge in [0.2, 0.25) is 0 Å². The summed E-state index contributed by atoms with van der Waals surface area (Å²) in [7, 11) is 0. The van der Waals surface area contributed by atoms with Crippen LogP contribution in [0.2, 0.25) is 0 Å². The summed E-state index contributed by atoms with van der Waals surface area (Å²) in [5, 5.41) is 25.7. The monoisotopic (exact) mass is 511 g/mol. The Bertz CT molecular complexity index is 451. The van der Waals surface area contributed by atoms with Gasteiger partial charge in [0.25, 0.3) is 0 Å². The van der Waals surface area contributed by atoms with Crippen molar-refractivity contribution in [2.75, 3.05) is 26.2 Å². The van der Waals surface area contributed by atoms with Crippen molar-refractivity contribution in [2.45, 2.75) is 104 Å². The molecule has 0 radical (unpaired) electrons. The fourth-order valence-corrected chi connectivity index (χ4v) is 3.38. The van der Waals surface area contributed by atoms with Gasteiger partial charge in [-0.25, -0.2) is 0 Å². The third-order valence-corrected chi connectivity index (χ3v) is 5.33. The van der Waals surface area contributed by atoms with Crippen molar-refractivity contribution in [3.05, 3.63) is 45.2 Å². The van der Waals surface area contributed by atoms with Crippen LogP contribution < -0.4 is 0 Å². The zero-order chi connectivity index (χ0) is 23.2. The van der Waals surface area contributed by atoms with Gasteiger partial charge in [-0.3, -0.25) is 0 Å². The molecule has 3 unspecified atom stereocenters. The first kappa shape index (κ1) is 33.8. The average Bonchev–Trinajstić information content (AvgIpc) is 2.78. The summed E-state index contributed by atoms with van der Waals surface area (Å²) in [6.45, 7) is 12.8. The second-order valence-electron chi connectivity index (χ2n) is 8.43. The first-order valence-corrected chi connectivity index (χ1v) is 12.5. The van der Waals surface area contributed by atoms with E-state index in [1.54, 1.807) is 0 Å². The fraction of sp³-hybridized carbons (Fsp3) is 0.800. The third-order valence-electron chi connectivity index (χ3n) is 5.33. The minimum Gasteiger partial charge on any atom is -0.685 e. The van der Waals surface area contributed by atoms with Gasteiger partial charge in [-0.2, -0.15) is 11.0 Å². The summed E-state index contributed by atoms with van der Waals surface area (Å²) >= 11 is 3.09. The van der Waals surface area contributed by atoms with Crippen LogP contribution in [0, 0.1) is 10.7 Å². The van der Waals surface area contributed by atoms with Crippen LogP contribution in [-0.4, -0.2) is 44.3 Å². The molecule has 0 aromatic carbocycles. The molecular weight excluding hydrogens is 468 g/mol. The predicted molar refractivity (Wildman–Crippen MR) is 140 cm³/mol. The van der Waals surface area contributed by atoms with Gasteiger partial charge >= 0.3 is 19.5 Å². The van der Waals surface area contributed by atoms with Crippen molar-refractivity contribution in [1.82, 2.24) is 0 Å². The summed E-state index contributed by atoms with van der Waals surface area (Å²) in [5.74, 6) is 0. The molecule has 0 aromatic heterocycles. The largest absolute Gasteiger partial charge is 2.00 e. The van der Waals surface area contributed by atoms with E-state index in [1.807, 2.05) is 25.2 Å². The van der Waals surface area contributed by atoms with Crippen molar-refractivity contribution in [1.29, 1.82) is 5.26 Å². The summed E-state index contributed by atoms with van der Waals surface area (Å²) in [5.41, 5.74) is 1.13. The minimum atomic E-state index is 0. The molecule has 0 N–H and O–H groups in total. The molecule has 0 aromatic rings. The van der Waals surface area contributed by atoms with E-state index in [0.717, 1.165) is 31.9 Å². The van der Waals surface area contributed by atoms with E-state index >= 15 is 0 Å². The summed E-state index contributed by atoms with van der Waals surface area (Å²) in [6, 6.07) is 1.98. The Kier molecular flexibility index (Phi) is 26.7. The zero-order valence-corrected chi connectivity index (χ0v) is 24.9. The van der Waals surface area contributed by atoms with E-state index in [9.17, 15) is 0 Å². The van der Waals surface area contributed by atoms with E-state index in [0.29, 0.717) is 18.1 Å². The Morgan fingerprint density at radius 1 is 0.812 bits per heavy atom. The van der Waals surface area contributed by atoms with Crippen LogP contribution in [0.25, 0.3) is 21.3 Å². The number of nitriles is 1. The van der Waals surface area contributed by atoms with E-state index in [-0.39, 0.29) is 19.5 Å². The molecule has 3 fully saturated rings. The Morgan fingerprint density at radius 3 is 1.31 bits per heavy atom. The standard InChI is InChI=1S/3C6H12N.C6H8N.CHNS.Zn/c4*1-6-4-2-3-5-7-6;2-1-3;/h3*6H,2-5H2,1H3;2-4H,5H2,1H3;3H;/q4*-1;;+2. The molecule has 0 spiro atoms. The molecular formula is C25H45N5SZn-2. The van der Waals surface area contributed by atoms with Crippen molar-refractivity contribution in [3.63, 3.8) is 0 Å². The molecule has 180 valence electrons. The van der Waals surface area contributed by atoms with E-state index in [4.69, 9.17) is 5.26 Å². The van der Waals surface area contributed by atoms with Gasteiger partial charge in [0.05, 0.1) is 0 Å². The minimum absolute atomic E-state index is 0. The molecule has 0 amide bonds. The first-order valence-electron chi connectivity index (χ1n) is 12.0. The predicted octanol–water partition coefficient (Wildman–Crippen LogP) is 8.03. The Hall–Kier alpha value is -0.377. The molecule has 0 aliphatic carbocycles. The van der Waals surface area contributed by atoms with E-state index in [2.05, 4.69) is 54.7 Å². The molecule has 4 aliphatic heterocycles. The van der Waals surface area contributed by atoms with Crippen molar-refractivity contribution in [3.8, 4) is 5.40 Å². The number of hydrogen-bond acceptors (Lipinski definition) is 2. The van der Waals surface area contributed by atoms with E-state index < -0.39 is 0 Å². The Labute approximate surface area is 217 Å². The van der Waals surface area contributed by atoms with Gasteiger partial charge < -0.3 is 21.3 Å². The molecule has 4 heterocycles. The molecule has 7 heteroatoms. The maximum absolute atomic E-state index is 7.18. The van der Waals surface area contributed by atoms with Gasteiger partial charge in [0.1, 0.15) is 5.40 Å². The smallest absolute Gasteiger partial charge is 0.685 e. The van der Waals surface area contributed by atoms with Gasteiger partial charge in [-0.05, 0) is 0 Å². The van der Waals surface area contributed by atoms with Crippen LogP contribution in [0.3, 0.4) is 0 Å². The van der Waals surface area contributed by atoms with Crippen LogP contribution in [0.15, 0.2) is 23.9 Å². The van der Waals surface area contributed by atoms with Crippen LogP contribution in [0.4, 0.5) is 0 Å². The SMILES string of the molecule is CC1=CC=CC[N-]1.CC1CCCC[N-]1.CC1CCCC[N-]1.CC1CCCC[N-]1.N#CS.[Zn+2]. The van der Waals surface area contributed by atoms with Crippen LogP contribution in [0.1, 0.15) is 85.5 Å². The molecule has 3 saturated heterocycles. The maximum Gasteiger partial charge on any atom is 2.00 e. The van der Waals surface area contributed by atoms with Gasteiger partial charge in [-0.15, -0.1) is 50.4 Å². The second-order valence-corrected chi connectivity index (χ2v) is 8.63. The molecule has 0 saturated carbocycles. The summed E-state index contributed by atoms with van der Waals surface area (Å²) < 4.78 is 0. The maximum atomic E-state index is 7.18. The van der Waals surface area contributed by atoms with Crippen molar-refractivity contribution >= 4 is 12.6 Å². The zero-order valence-electron chi connectivity index (χ0n) is 21.0. The van der Waals surface area contributed by atoms with Crippen molar-refractivity contribution in [2.24, 2.45) is 0 Å². The Morgan fingerprint density at radius 2 is 1.19 bits per heavy atom. The number of nitrogens with zero attached hydrogens (tertiary/aromatic N) is 5. The molecule has 4 rings (SSSR count). The molecule has 4 aliphatic rings. The van der Waals surface area contributed by atoms with Crippen LogP contribution in [0.5, 0.6) is 0 Å². The molecule has 5 nitrogen and oxygen atoms in total.